The molecule has 0 saturated carbocycles. The summed E-state index contributed by atoms with van der Waals surface area (Å²) in [5, 5.41) is 4.08. The first-order chi connectivity index (χ1) is 9.78. The van der Waals surface area contributed by atoms with Gasteiger partial charge in [-0.1, -0.05) is 0 Å². The van der Waals surface area contributed by atoms with Crippen LogP contribution in [0.25, 0.3) is 0 Å². The van der Waals surface area contributed by atoms with Crippen molar-refractivity contribution >= 4 is 29.7 Å². The lowest BCUT2D eigenvalue weighted by Crippen LogP contribution is -2.42. The molecular weight excluding hydrogens is 312 g/mol. The summed E-state index contributed by atoms with van der Waals surface area (Å²) < 4.78 is 11.0. The van der Waals surface area contributed by atoms with Crippen molar-refractivity contribution in [3.05, 3.63) is 46.0 Å². The molecular formula is C14H17ClN2O3S. The van der Waals surface area contributed by atoms with E-state index in [0.29, 0.717) is 37.6 Å². The summed E-state index contributed by atoms with van der Waals surface area (Å²) in [6, 6.07) is 3.74. The highest BCUT2D eigenvalue weighted by molar-refractivity contribution is 7.07. The third-order valence-electron chi connectivity index (χ3n) is 3.37. The van der Waals surface area contributed by atoms with Crippen LogP contribution in [0.1, 0.15) is 27.8 Å². The highest BCUT2D eigenvalue weighted by Gasteiger charge is 2.27. The van der Waals surface area contributed by atoms with Crippen molar-refractivity contribution in [2.24, 2.45) is 5.73 Å². The Balaban J connectivity index is 0.00000161. The molecule has 2 aromatic heterocycles. The maximum absolute atomic E-state index is 12.4. The van der Waals surface area contributed by atoms with Crippen LogP contribution in [-0.4, -0.2) is 30.5 Å². The minimum Gasteiger partial charge on any atom is -0.467 e. The van der Waals surface area contributed by atoms with E-state index in [9.17, 15) is 4.79 Å². The van der Waals surface area contributed by atoms with Crippen molar-refractivity contribution in [3.8, 4) is 0 Å². The molecule has 114 valence electrons. The van der Waals surface area contributed by atoms with Gasteiger partial charge in [-0.05, 0) is 28.5 Å². The molecule has 2 aromatic rings. The Labute approximate surface area is 133 Å². The smallest absolute Gasteiger partial charge is 0.257 e. The molecule has 3 rings (SSSR count). The van der Waals surface area contributed by atoms with E-state index in [0.717, 1.165) is 5.56 Å². The monoisotopic (exact) mass is 328 g/mol. The Hall–Kier alpha value is -1.34. The van der Waals surface area contributed by atoms with Gasteiger partial charge in [-0.2, -0.15) is 11.3 Å². The van der Waals surface area contributed by atoms with E-state index >= 15 is 0 Å². The van der Waals surface area contributed by atoms with Gasteiger partial charge in [-0.25, -0.2) is 0 Å². The van der Waals surface area contributed by atoms with Crippen LogP contribution in [0.2, 0.25) is 0 Å². The second-order valence-corrected chi connectivity index (χ2v) is 5.45. The maximum Gasteiger partial charge on any atom is 0.257 e. The number of morpholine rings is 1. The number of nitrogens with two attached hydrogens (primary N) is 1. The largest absolute Gasteiger partial charge is 0.467 e. The van der Waals surface area contributed by atoms with Crippen molar-refractivity contribution in [1.82, 2.24) is 4.90 Å². The molecule has 2 N–H and O–H groups in total. The molecule has 1 aliphatic rings. The van der Waals surface area contributed by atoms with Gasteiger partial charge in [0.1, 0.15) is 18.1 Å². The summed E-state index contributed by atoms with van der Waals surface area (Å²) >= 11 is 1.63. The molecule has 0 aliphatic carbocycles. The third kappa shape index (κ3) is 3.47. The Morgan fingerprint density at radius 2 is 2.38 bits per heavy atom. The number of rotatable bonds is 3. The van der Waals surface area contributed by atoms with E-state index in [1.165, 1.54) is 6.26 Å². The molecule has 3 heterocycles. The van der Waals surface area contributed by atoms with Crippen LogP contribution >= 0.6 is 23.7 Å². The van der Waals surface area contributed by atoms with Crippen LogP contribution in [0.5, 0.6) is 0 Å². The first kappa shape index (κ1) is 16.0. The SMILES string of the molecule is Cl.NCc1cc(C(=O)N2CCOC(c3ccsc3)C2)co1. The summed E-state index contributed by atoms with van der Waals surface area (Å²) in [7, 11) is 0. The Kier molecular flexibility index (Phi) is 5.41. The molecule has 1 aliphatic heterocycles. The number of amides is 1. The summed E-state index contributed by atoms with van der Waals surface area (Å²) in [6.45, 7) is 2.02. The van der Waals surface area contributed by atoms with Crippen LogP contribution in [-0.2, 0) is 11.3 Å². The summed E-state index contributed by atoms with van der Waals surface area (Å²) in [4.78, 5) is 14.2. The number of halogens is 1. The number of furan rings is 1. The van der Waals surface area contributed by atoms with Crippen LogP contribution in [0, 0.1) is 0 Å². The van der Waals surface area contributed by atoms with Gasteiger partial charge in [0.2, 0.25) is 0 Å². The summed E-state index contributed by atoms with van der Waals surface area (Å²) in [5.41, 5.74) is 7.17. The fourth-order valence-electron chi connectivity index (χ4n) is 2.28. The third-order valence-corrected chi connectivity index (χ3v) is 4.07. The molecule has 0 spiro atoms. The van der Waals surface area contributed by atoms with Gasteiger partial charge in [0.15, 0.2) is 0 Å². The van der Waals surface area contributed by atoms with E-state index in [-0.39, 0.29) is 24.4 Å². The highest BCUT2D eigenvalue weighted by atomic mass is 35.5. The molecule has 0 radical (unpaired) electrons. The van der Waals surface area contributed by atoms with Gasteiger partial charge in [0.25, 0.3) is 5.91 Å². The molecule has 0 bridgehead atoms. The van der Waals surface area contributed by atoms with E-state index in [2.05, 4.69) is 5.38 Å². The van der Waals surface area contributed by atoms with Gasteiger partial charge in [-0.15, -0.1) is 12.4 Å². The zero-order chi connectivity index (χ0) is 13.9. The predicted octanol–water partition coefficient (Wildman–Crippen LogP) is 2.44. The first-order valence-electron chi connectivity index (χ1n) is 6.48. The Morgan fingerprint density at radius 3 is 3.05 bits per heavy atom. The minimum absolute atomic E-state index is 0. The van der Waals surface area contributed by atoms with Crippen LogP contribution in [0.4, 0.5) is 0 Å². The molecule has 1 fully saturated rings. The maximum atomic E-state index is 12.4. The predicted molar refractivity (Wildman–Crippen MR) is 82.8 cm³/mol. The van der Waals surface area contributed by atoms with Crippen molar-refractivity contribution in [2.45, 2.75) is 12.6 Å². The number of ether oxygens (including phenoxy) is 1. The normalized spacial score (nSPS) is 18.3. The fraction of sp³-hybridized carbons (Fsp3) is 0.357. The van der Waals surface area contributed by atoms with Gasteiger partial charge < -0.3 is 19.8 Å². The number of hydrogen-bond donors (Lipinski definition) is 1. The van der Waals surface area contributed by atoms with Crippen molar-refractivity contribution in [3.63, 3.8) is 0 Å². The van der Waals surface area contributed by atoms with Crippen molar-refractivity contribution in [1.29, 1.82) is 0 Å². The van der Waals surface area contributed by atoms with Gasteiger partial charge in [0.05, 0.1) is 25.3 Å². The molecule has 21 heavy (non-hydrogen) atoms. The number of carbonyl (C=O) groups is 1. The van der Waals surface area contributed by atoms with Crippen LogP contribution in [0.3, 0.4) is 0 Å². The number of carbonyl (C=O) groups excluding carboxylic acids is 1. The molecule has 1 atom stereocenters. The van der Waals surface area contributed by atoms with Gasteiger partial charge in [-0.3, -0.25) is 4.79 Å². The lowest BCUT2D eigenvalue weighted by molar-refractivity contribution is -0.0226. The minimum atomic E-state index is -0.0418. The summed E-state index contributed by atoms with van der Waals surface area (Å²) in [5.74, 6) is 0.591. The van der Waals surface area contributed by atoms with Crippen LogP contribution in [0.15, 0.2) is 33.6 Å². The van der Waals surface area contributed by atoms with E-state index in [1.807, 2.05) is 11.4 Å². The molecule has 1 saturated heterocycles. The molecule has 1 amide bonds. The average molecular weight is 329 g/mol. The van der Waals surface area contributed by atoms with E-state index < -0.39 is 0 Å². The van der Waals surface area contributed by atoms with Crippen LogP contribution < -0.4 is 5.73 Å². The lowest BCUT2D eigenvalue weighted by atomic mass is 10.1. The zero-order valence-corrected chi connectivity index (χ0v) is 13.0. The Morgan fingerprint density at radius 1 is 1.52 bits per heavy atom. The number of hydrogen-bond acceptors (Lipinski definition) is 5. The second-order valence-electron chi connectivity index (χ2n) is 4.67. The van der Waals surface area contributed by atoms with E-state index in [4.69, 9.17) is 14.9 Å². The van der Waals surface area contributed by atoms with Gasteiger partial charge >= 0.3 is 0 Å². The first-order valence-corrected chi connectivity index (χ1v) is 7.42. The van der Waals surface area contributed by atoms with Crippen molar-refractivity contribution in [2.75, 3.05) is 19.7 Å². The lowest BCUT2D eigenvalue weighted by Gasteiger charge is -2.32. The Bertz CT molecular complexity index is 585. The van der Waals surface area contributed by atoms with Crippen molar-refractivity contribution < 1.29 is 13.9 Å². The molecule has 5 nitrogen and oxygen atoms in total. The highest BCUT2D eigenvalue weighted by Crippen LogP contribution is 2.25. The second kappa shape index (κ2) is 7.09. The topological polar surface area (TPSA) is 68.7 Å². The fourth-order valence-corrected chi connectivity index (χ4v) is 2.98. The quantitative estimate of drug-likeness (QED) is 0.939. The average Bonchev–Trinajstić information content (AvgIpc) is 3.17. The number of nitrogens with zero attached hydrogens (tertiary/aromatic N) is 1. The molecule has 7 heteroatoms. The van der Waals surface area contributed by atoms with E-state index in [1.54, 1.807) is 22.3 Å². The number of thiophene rings is 1. The zero-order valence-electron chi connectivity index (χ0n) is 11.4. The molecule has 0 aromatic carbocycles. The molecule has 1 unspecified atom stereocenters. The summed E-state index contributed by atoms with van der Waals surface area (Å²) in [6.07, 6.45) is 1.43. The van der Waals surface area contributed by atoms with Gasteiger partial charge in [0, 0.05) is 6.54 Å². The standard InChI is InChI=1S/C14H16N2O3S.ClH/c15-6-12-5-11(8-19-12)14(17)16-2-3-18-13(7-16)10-1-4-20-9-10;/h1,4-5,8-9,13H,2-3,6-7,15H2;1H.